The molecule has 116 valence electrons. The number of H-pyrrole nitrogens is 1. The largest absolute Gasteiger partial charge is 0.393 e. The first-order valence-corrected chi connectivity index (χ1v) is 8.74. The highest BCUT2D eigenvalue weighted by atomic mass is 16.3. The summed E-state index contributed by atoms with van der Waals surface area (Å²) >= 11 is 0. The predicted molar refractivity (Wildman–Crippen MR) is 88.0 cm³/mol. The van der Waals surface area contributed by atoms with Crippen molar-refractivity contribution in [3.8, 4) is 0 Å². The maximum Gasteiger partial charge on any atom is 0.0555 e. The minimum Gasteiger partial charge on any atom is -0.393 e. The third-order valence-corrected chi connectivity index (χ3v) is 6.44. The second-order valence-electron chi connectivity index (χ2n) is 7.65. The van der Waals surface area contributed by atoms with E-state index in [9.17, 15) is 5.11 Å². The van der Waals surface area contributed by atoms with Crippen LogP contribution in [-0.4, -0.2) is 40.2 Å². The summed E-state index contributed by atoms with van der Waals surface area (Å²) in [6.45, 7) is 4.38. The minimum absolute atomic E-state index is 0.191. The van der Waals surface area contributed by atoms with Crippen LogP contribution in [0.15, 0.2) is 24.3 Å². The lowest BCUT2D eigenvalue weighted by atomic mass is 9.64. The van der Waals surface area contributed by atoms with Gasteiger partial charge >= 0.3 is 0 Å². The quantitative estimate of drug-likeness (QED) is 0.849. The van der Waals surface area contributed by atoms with Crippen LogP contribution < -0.4 is 0 Å². The van der Waals surface area contributed by atoms with E-state index in [1.807, 2.05) is 6.92 Å². The SMILES string of the molecule is C[C@H](O)[C@@H]1C[C@H]2C[C@H]3c4[nH]c5ccccc5c4CCN(C2)[C@@H]13. The number of para-hydroxylation sites is 1. The number of aromatic amines is 1. The second kappa shape index (κ2) is 4.59. The summed E-state index contributed by atoms with van der Waals surface area (Å²) in [5, 5.41) is 11.7. The molecular formula is C19H24N2O. The molecule has 4 aliphatic rings. The van der Waals surface area contributed by atoms with Crippen LogP contribution in [0.2, 0.25) is 0 Å². The van der Waals surface area contributed by atoms with Crippen molar-refractivity contribution >= 4 is 10.9 Å². The summed E-state index contributed by atoms with van der Waals surface area (Å²) in [6.07, 6.45) is 3.46. The smallest absolute Gasteiger partial charge is 0.0555 e. The molecule has 1 unspecified atom stereocenters. The average Bonchev–Trinajstić information content (AvgIpc) is 2.86. The van der Waals surface area contributed by atoms with Gasteiger partial charge in [-0.25, -0.2) is 0 Å². The lowest BCUT2D eigenvalue weighted by Gasteiger charge is -2.54. The Morgan fingerprint density at radius 1 is 1.27 bits per heavy atom. The average molecular weight is 296 g/mol. The lowest BCUT2D eigenvalue weighted by Crippen LogP contribution is -2.58. The summed E-state index contributed by atoms with van der Waals surface area (Å²) in [5.41, 5.74) is 4.31. The number of rotatable bonds is 1. The van der Waals surface area contributed by atoms with E-state index in [4.69, 9.17) is 0 Å². The monoisotopic (exact) mass is 296 g/mol. The van der Waals surface area contributed by atoms with E-state index < -0.39 is 0 Å². The van der Waals surface area contributed by atoms with Crippen molar-refractivity contribution in [1.29, 1.82) is 0 Å². The standard InChI is InChI=1S/C19H24N2O/c1-11(22)15-8-12-9-16-18-14(6-7-21(10-12)19(15)16)13-4-2-3-5-17(13)20-18/h2-5,11-12,15-16,19-20,22H,6-10H2,1H3/t11-,12-,15-,16-,19-/m0/s1. The van der Waals surface area contributed by atoms with Crippen LogP contribution in [0.3, 0.4) is 0 Å². The zero-order chi connectivity index (χ0) is 14.8. The van der Waals surface area contributed by atoms with Gasteiger partial charge in [0.25, 0.3) is 0 Å². The first kappa shape index (κ1) is 13.1. The second-order valence-corrected chi connectivity index (χ2v) is 7.65. The molecule has 1 aliphatic carbocycles. The Balaban J connectivity index is 1.67. The van der Waals surface area contributed by atoms with Crippen LogP contribution in [0.1, 0.15) is 36.9 Å². The van der Waals surface area contributed by atoms with E-state index in [1.54, 1.807) is 5.56 Å². The molecule has 0 amide bonds. The fraction of sp³-hybridized carbons (Fsp3) is 0.579. The highest BCUT2D eigenvalue weighted by Crippen LogP contribution is 2.50. The lowest BCUT2D eigenvalue weighted by molar-refractivity contribution is -0.0580. The van der Waals surface area contributed by atoms with Crippen molar-refractivity contribution in [3.05, 3.63) is 35.5 Å². The molecule has 0 radical (unpaired) electrons. The maximum atomic E-state index is 10.3. The molecule has 1 aromatic carbocycles. The van der Waals surface area contributed by atoms with E-state index in [0.717, 1.165) is 18.9 Å². The fourth-order valence-electron chi connectivity index (χ4n) is 5.62. The zero-order valence-electron chi connectivity index (χ0n) is 13.1. The van der Waals surface area contributed by atoms with E-state index >= 15 is 0 Å². The first-order chi connectivity index (χ1) is 10.7. The molecule has 6 rings (SSSR count). The van der Waals surface area contributed by atoms with E-state index in [1.165, 1.54) is 36.0 Å². The molecule has 2 aromatic rings. The van der Waals surface area contributed by atoms with Crippen molar-refractivity contribution < 1.29 is 5.11 Å². The van der Waals surface area contributed by atoms with Crippen LogP contribution in [0, 0.1) is 11.8 Å². The molecule has 1 aromatic heterocycles. The number of piperidine rings is 2. The number of aliphatic hydroxyl groups is 1. The normalized spacial score (nSPS) is 37.8. The number of aliphatic hydroxyl groups excluding tert-OH is 1. The Morgan fingerprint density at radius 3 is 3.00 bits per heavy atom. The number of aromatic nitrogens is 1. The molecule has 4 bridgehead atoms. The van der Waals surface area contributed by atoms with Gasteiger partial charge in [0.1, 0.15) is 0 Å². The Hall–Kier alpha value is -1.32. The molecule has 1 saturated carbocycles. The Morgan fingerprint density at radius 2 is 2.14 bits per heavy atom. The van der Waals surface area contributed by atoms with E-state index in [2.05, 4.69) is 34.1 Å². The van der Waals surface area contributed by atoms with Gasteiger partial charge < -0.3 is 10.1 Å². The third kappa shape index (κ3) is 1.70. The molecule has 2 saturated heterocycles. The summed E-state index contributed by atoms with van der Waals surface area (Å²) in [5.74, 6) is 1.78. The molecular weight excluding hydrogens is 272 g/mol. The van der Waals surface area contributed by atoms with Gasteiger partial charge in [0.2, 0.25) is 0 Å². The molecule has 22 heavy (non-hydrogen) atoms. The van der Waals surface area contributed by atoms with Crippen molar-refractivity contribution in [2.75, 3.05) is 13.1 Å². The van der Waals surface area contributed by atoms with Gasteiger partial charge in [-0.2, -0.15) is 0 Å². The maximum absolute atomic E-state index is 10.3. The predicted octanol–water partition coefficient (Wildman–Crippen LogP) is 2.90. The highest BCUT2D eigenvalue weighted by molar-refractivity contribution is 5.85. The van der Waals surface area contributed by atoms with Gasteiger partial charge in [-0.15, -0.1) is 0 Å². The number of hydrogen-bond donors (Lipinski definition) is 2. The summed E-state index contributed by atoms with van der Waals surface area (Å²) in [7, 11) is 0. The Kier molecular flexibility index (Phi) is 2.74. The van der Waals surface area contributed by atoms with Crippen LogP contribution in [-0.2, 0) is 6.42 Å². The summed E-state index contributed by atoms with van der Waals surface area (Å²) < 4.78 is 0. The number of fused-ring (bicyclic) bond motifs is 4. The van der Waals surface area contributed by atoms with Crippen LogP contribution in [0.25, 0.3) is 10.9 Å². The van der Waals surface area contributed by atoms with Gasteiger partial charge in [0, 0.05) is 47.6 Å². The zero-order valence-corrected chi connectivity index (χ0v) is 13.1. The molecule has 4 heterocycles. The van der Waals surface area contributed by atoms with Crippen molar-refractivity contribution in [3.63, 3.8) is 0 Å². The molecule has 3 fully saturated rings. The van der Waals surface area contributed by atoms with Gasteiger partial charge in [-0.3, -0.25) is 4.90 Å². The van der Waals surface area contributed by atoms with E-state index in [-0.39, 0.29) is 6.10 Å². The first-order valence-electron chi connectivity index (χ1n) is 8.74. The fourth-order valence-corrected chi connectivity index (χ4v) is 5.62. The van der Waals surface area contributed by atoms with Crippen molar-refractivity contribution in [1.82, 2.24) is 9.88 Å². The van der Waals surface area contributed by atoms with E-state index in [0.29, 0.717) is 17.9 Å². The van der Waals surface area contributed by atoms with Gasteiger partial charge in [-0.1, -0.05) is 18.2 Å². The third-order valence-electron chi connectivity index (χ3n) is 6.44. The van der Waals surface area contributed by atoms with Gasteiger partial charge in [0.15, 0.2) is 0 Å². The van der Waals surface area contributed by atoms with Crippen LogP contribution >= 0.6 is 0 Å². The topological polar surface area (TPSA) is 39.3 Å². The molecule has 6 atom stereocenters. The number of hydrogen-bond acceptors (Lipinski definition) is 2. The van der Waals surface area contributed by atoms with Crippen LogP contribution in [0.4, 0.5) is 0 Å². The number of benzene rings is 1. The summed E-state index contributed by atoms with van der Waals surface area (Å²) in [6, 6.07) is 9.27. The molecule has 3 aliphatic heterocycles. The van der Waals surface area contributed by atoms with Crippen molar-refractivity contribution in [2.45, 2.75) is 44.2 Å². The highest BCUT2D eigenvalue weighted by Gasteiger charge is 2.50. The molecule has 2 N–H and O–H groups in total. The number of nitrogens with zero attached hydrogens (tertiary/aromatic N) is 1. The Bertz CT molecular complexity index is 719. The number of nitrogens with one attached hydrogen (secondary N) is 1. The molecule has 0 spiro atoms. The molecule has 3 heteroatoms. The van der Waals surface area contributed by atoms with Crippen LogP contribution in [0.5, 0.6) is 0 Å². The minimum atomic E-state index is -0.191. The molecule has 3 nitrogen and oxygen atoms in total. The van der Waals surface area contributed by atoms with Gasteiger partial charge in [-0.05, 0) is 43.7 Å². The Labute approximate surface area is 131 Å². The van der Waals surface area contributed by atoms with Crippen molar-refractivity contribution in [2.24, 2.45) is 11.8 Å². The van der Waals surface area contributed by atoms with Gasteiger partial charge in [0.05, 0.1) is 6.10 Å². The summed E-state index contributed by atoms with van der Waals surface area (Å²) in [4.78, 5) is 6.43.